The third-order valence-corrected chi connectivity index (χ3v) is 4.98. The predicted octanol–water partition coefficient (Wildman–Crippen LogP) is 2.55. The molecule has 0 spiro atoms. The Hall–Kier alpha value is -1.53. The molecule has 1 aliphatic heterocycles. The van der Waals surface area contributed by atoms with Crippen molar-refractivity contribution in [3.05, 3.63) is 29.8 Å². The largest absolute Gasteiger partial charge is 0.335 e. The minimum atomic E-state index is 0.723. The molecular formula is C16H23N5S. The van der Waals surface area contributed by atoms with Crippen LogP contribution in [0.3, 0.4) is 0 Å². The lowest BCUT2D eigenvalue weighted by molar-refractivity contribution is 0.242. The van der Waals surface area contributed by atoms with Gasteiger partial charge in [-0.2, -0.15) is 0 Å². The number of hydrogen-bond donors (Lipinski definition) is 1. The summed E-state index contributed by atoms with van der Waals surface area (Å²) in [7, 11) is 0. The van der Waals surface area contributed by atoms with Crippen LogP contribution in [-0.4, -0.2) is 45.2 Å². The molecule has 0 atom stereocenters. The monoisotopic (exact) mass is 317 g/mol. The molecule has 6 heteroatoms. The maximum atomic E-state index is 6.15. The van der Waals surface area contributed by atoms with Crippen LogP contribution in [0.25, 0.3) is 11.4 Å². The summed E-state index contributed by atoms with van der Waals surface area (Å²) in [5, 5.41) is 9.25. The van der Waals surface area contributed by atoms with Gasteiger partial charge in [0.1, 0.15) is 0 Å². The van der Waals surface area contributed by atoms with Gasteiger partial charge in [0.05, 0.1) is 0 Å². The lowest BCUT2D eigenvalue weighted by atomic mass is 10.1. The Labute approximate surface area is 135 Å². The third kappa shape index (κ3) is 3.62. The number of hydrogen-bond acceptors (Lipinski definition) is 5. The average Bonchev–Trinajstić information content (AvgIpc) is 2.90. The molecule has 0 amide bonds. The molecule has 0 radical (unpaired) electrons. The molecule has 1 aliphatic rings. The molecule has 1 aromatic carbocycles. The number of nitrogens with zero attached hydrogens (tertiary/aromatic N) is 4. The van der Waals surface area contributed by atoms with Gasteiger partial charge in [0.25, 0.3) is 0 Å². The van der Waals surface area contributed by atoms with E-state index in [1.807, 2.05) is 12.1 Å². The van der Waals surface area contributed by atoms with E-state index in [0.717, 1.165) is 28.8 Å². The van der Waals surface area contributed by atoms with Crippen LogP contribution in [0.2, 0.25) is 0 Å². The third-order valence-electron chi connectivity index (χ3n) is 4.06. The number of aryl methyl sites for hydroxylation is 1. The van der Waals surface area contributed by atoms with Gasteiger partial charge in [-0.05, 0) is 32.9 Å². The zero-order valence-electron chi connectivity index (χ0n) is 13.0. The Balaban J connectivity index is 1.59. The second kappa shape index (κ2) is 7.15. The lowest BCUT2D eigenvalue weighted by Crippen LogP contribution is -2.31. The summed E-state index contributed by atoms with van der Waals surface area (Å²) < 4.78 is 1.60. The Morgan fingerprint density at radius 3 is 2.55 bits per heavy atom. The van der Waals surface area contributed by atoms with Crippen LogP contribution in [0.5, 0.6) is 0 Å². The average molecular weight is 317 g/mol. The highest BCUT2D eigenvalue weighted by atomic mass is 32.2. The Kier molecular flexibility index (Phi) is 5.00. The number of piperidine rings is 1. The minimum absolute atomic E-state index is 0.723. The molecule has 1 aromatic heterocycles. The first-order valence-corrected chi connectivity index (χ1v) is 8.85. The van der Waals surface area contributed by atoms with Gasteiger partial charge in [-0.25, -0.2) is 4.68 Å². The van der Waals surface area contributed by atoms with Gasteiger partial charge in [0.2, 0.25) is 5.16 Å². The zero-order chi connectivity index (χ0) is 15.4. The molecule has 22 heavy (non-hydrogen) atoms. The summed E-state index contributed by atoms with van der Waals surface area (Å²) in [5.74, 6) is 7.88. The molecule has 2 heterocycles. The van der Waals surface area contributed by atoms with E-state index < -0.39 is 0 Å². The first-order valence-electron chi connectivity index (χ1n) is 7.87. The smallest absolute Gasteiger partial charge is 0.210 e. The lowest BCUT2D eigenvalue weighted by Gasteiger charge is -2.25. The first kappa shape index (κ1) is 15.4. The summed E-state index contributed by atoms with van der Waals surface area (Å²) >= 11 is 1.68. The van der Waals surface area contributed by atoms with Gasteiger partial charge in [-0.1, -0.05) is 48.0 Å². The van der Waals surface area contributed by atoms with E-state index in [2.05, 4.69) is 34.2 Å². The summed E-state index contributed by atoms with van der Waals surface area (Å²) in [6.07, 6.45) is 4.03. The fourth-order valence-corrected chi connectivity index (χ4v) is 3.58. The highest BCUT2D eigenvalue weighted by Crippen LogP contribution is 2.22. The Morgan fingerprint density at radius 1 is 1.09 bits per heavy atom. The molecule has 0 unspecified atom stereocenters. The van der Waals surface area contributed by atoms with Crippen LogP contribution < -0.4 is 5.84 Å². The molecule has 0 bridgehead atoms. The molecule has 118 valence electrons. The highest BCUT2D eigenvalue weighted by Gasteiger charge is 2.13. The maximum Gasteiger partial charge on any atom is 0.210 e. The van der Waals surface area contributed by atoms with Crippen LogP contribution in [0.15, 0.2) is 29.4 Å². The number of nitrogens with two attached hydrogens (primary N) is 1. The van der Waals surface area contributed by atoms with Gasteiger partial charge in [-0.15, -0.1) is 10.2 Å². The number of thioether (sulfide) groups is 1. The predicted molar refractivity (Wildman–Crippen MR) is 91.4 cm³/mol. The fourth-order valence-electron chi connectivity index (χ4n) is 2.72. The van der Waals surface area contributed by atoms with Crippen molar-refractivity contribution in [1.82, 2.24) is 19.8 Å². The molecule has 2 aromatic rings. The van der Waals surface area contributed by atoms with Gasteiger partial charge in [0, 0.05) is 17.9 Å². The molecule has 1 saturated heterocycles. The molecule has 0 aliphatic carbocycles. The Morgan fingerprint density at radius 2 is 1.82 bits per heavy atom. The quantitative estimate of drug-likeness (QED) is 0.678. The van der Waals surface area contributed by atoms with Crippen molar-refractivity contribution in [2.75, 3.05) is 31.2 Å². The van der Waals surface area contributed by atoms with Crippen molar-refractivity contribution in [3.8, 4) is 11.4 Å². The summed E-state index contributed by atoms with van der Waals surface area (Å²) in [5.41, 5.74) is 2.23. The van der Waals surface area contributed by atoms with Crippen molar-refractivity contribution in [2.45, 2.75) is 31.3 Å². The van der Waals surface area contributed by atoms with Gasteiger partial charge in [0.15, 0.2) is 5.82 Å². The van der Waals surface area contributed by atoms with Gasteiger partial charge < -0.3 is 10.7 Å². The molecule has 0 saturated carbocycles. The van der Waals surface area contributed by atoms with Crippen molar-refractivity contribution in [1.29, 1.82) is 0 Å². The van der Waals surface area contributed by atoms with Crippen LogP contribution >= 0.6 is 11.8 Å². The maximum absolute atomic E-state index is 6.15. The molecule has 3 rings (SSSR count). The fraction of sp³-hybridized carbons (Fsp3) is 0.500. The van der Waals surface area contributed by atoms with Crippen molar-refractivity contribution < 1.29 is 0 Å². The zero-order valence-corrected chi connectivity index (χ0v) is 13.9. The summed E-state index contributed by atoms with van der Waals surface area (Å²) in [4.78, 5) is 2.52. The van der Waals surface area contributed by atoms with E-state index in [1.165, 1.54) is 37.9 Å². The van der Waals surface area contributed by atoms with Crippen LogP contribution in [0.1, 0.15) is 24.8 Å². The summed E-state index contributed by atoms with van der Waals surface area (Å²) in [6.45, 7) is 5.62. The van der Waals surface area contributed by atoms with Crippen LogP contribution in [0, 0.1) is 6.92 Å². The van der Waals surface area contributed by atoms with E-state index in [0.29, 0.717) is 0 Å². The normalized spacial score (nSPS) is 16.0. The topological polar surface area (TPSA) is 60.0 Å². The van der Waals surface area contributed by atoms with Crippen LogP contribution in [0.4, 0.5) is 0 Å². The number of nitrogen functional groups attached to an aromatic ring is 1. The van der Waals surface area contributed by atoms with E-state index in [4.69, 9.17) is 5.84 Å². The van der Waals surface area contributed by atoms with E-state index >= 15 is 0 Å². The molecule has 5 nitrogen and oxygen atoms in total. The first-order chi connectivity index (χ1) is 10.7. The number of aromatic nitrogens is 3. The van der Waals surface area contributed by atoms with Crippen molar-refractivity contribution in [2.24, 2.45) is 0 Å². The molecular weight excluding hydrogens is 294 g/mol. The SMILES string of the molecule is Cc1ccc(-c2nnc(SCCN3CCCCC3)n2N)cc1. The standard InChI is InChI=1S/C16H23N5S/c1-13-5-7-14(8-6-13)15-18-19-16(21(15)17)22-12-11-20-9-3-2-4-10-20/h5-8H,2-4,9-12,17H2,1H3. The highest BCUT2D eigenvalue weighted by molar-refractivity contribution is 7.99. The van der Waals surface area contributed by atoms with Crippen molar-refractivity contribution >= 4 is 11.8 Å². The molecule has 1 fully saturated rings. The van der Waals surface area contributed by atoms with Crippen LogP contribution in [-0.2, 0) is 0 Å². The van der Waals surface area contributed by atoms with E-state index in [-0.39, 0.29) is 0 Å². The molecule has 2 N–H and O–H groups in total. The second-order valence-electron chi connectivity index (χ2n) is 5.79. The number of rotatable bonds is 5. The van der Waals surface area contributed by atoms with E-state index in [1.54, 1.807) is 16.4 Å². The van der Waals surface area contributed by atoms with Crippen molar-refractivity contribution in [3.63, 3.8) is 0 Å². The van der Waals surface area contributed by atoms with Gasteiger partial charge in [-0.3, -0.25) is 0 Å². The van der Waals surface area contributed by atoms with E-state index in [9.17, 15) is 0 Å². The number of likely N-dealkylation sites (tertiary alicyclic amines) is 1. The van der Waals surface area contributed by atoms with Gasteiger partial charge >= 0.3 is 0 Å². The number of benzene rings is 1. The minimum Gasteiger partial charge on any atom is -0.335 e. The Bertz CT molecular complexity index is 601. The second-order valence-corrected chi connectivity index (χ2v) is 6.86. The summed E-state index contributed by atoms with van der Waals surface area (Å²) in [6, 6.07) is 8.19.